The summed E-state index contributed by atoms with van der Waals surface area (Å²) in [5, 5.41) is 0. The Labute approximate surface area is 368 Å². The Hall–Kier alpha value is -2.29. The van der Waals surface area contributed by atoms with E-state index in [0.717, 1.165) is 89.9 Å². The van der Waals surface area contributed by atoms with Gasteiger partial charge in [0.1, 0.15) is 19.8 Å². The number of unbranched alkanes of at least 4 members (excludes halogenated alkanes) is 19. The lowest BCUT2D eigenvalue weighted by Crippen LogP contribution is -2.37. The van der Waals surface area contributed by atoms with E-state index in [1.54, 1.807) is 0 Å². The molecule has 0 aliphatic rings. The van der Waals surface area contributed by atoms with Crippen molar-refractivity contribution in [2.24, 2.45) is 0 Å². The molecule has 0 saturated carbocycles. The fourth-order valence-corrected chi connectivity index (χ4v) is 6.97. The molecule has 0 heterocycles. The smallest absolute Gasteiger partial charge is 0.462 e. The fourth-order valence-electron chi connectivity index (χ4n) is 6.23. The number of rotatable bonds is 43. The molecular formula is C50H91NO8P+. The molecule has 10 heteroatoms. The number of esters is 2. The van der Waals surface area contributed by atoms with Crippen LogP contribution in [0.3, 0.4) is 0 Å². The molecule has 0 aliphatic carbocycles. The number of allylic oxidation sites excluding steroid dienone is 10. The molecule has 0 radical (unpaired) electrons. The van der Waals surface area contributed by atoms with Crippen molar-refractivity contribution in [1.82, 2.24) is 0 Å². The molecule has 9 nitrogen and oxygen atoms in total. The average molecular weight is 865 g/mol. The van der Waals surface area contributed by atoms with Crippen LogP contribution in [0.2, 0.25) is 0 Å². The Morgan fingerprint density at radius 2 is 0.900 bits per heavy atom. The number of ether oxygens (including phenoxy) is 2. The maximum absolute atomic E-state index is 12.7. The van der Waals surface area contributed by atoms with Crippen molar-refractivity contribution in [1.29, 1.82) is 0 Å². The maximum Gasteiger partial charge on any atom is 0.472 e. The summed E-state index contributed by atoms with van der Waals surface area (Å²) in [5.41, 5.74) is 0. The number of carbonyl (C=O) groups excluding carboxylic acids is 2. The predicted octanol–water partition coefficient (Wildman–Crippen LogP) is 14.0. The lowest BCUT2D eigenvalue weighted by molar-refractivity contribution is -0.870. The van der Waals surface area contributed by atoms with Crippen LogP contribution in [0.4, 0.5) is 0 Å². The van der Waals surface area contributed by atoms with Gasteiger partial charge in [0.15, 0.2) is 6.10 Å². The molecule has 0 bridgehead atoms. The molecule has 2 atom stereocenters. The highest BCUT2D eigenvalue weighted by Gasteiger charge is 2.27. The van der Waals surface area contributed by atoms with E-state index in [1.165, 1.54) is 70.6 Å². The monoisotopic (exact) mass is 865 g/mol. The highest BCUT2D eigenvalue weighted by Crippen LogP contribution is 2.43. The Morgan fingerprint density at radius 3 is 1.33 bits per heavy atom. The van der Waals surface area contributed by atoms with E-state index in [0.29, 0.717) is 17.4 Å². The summed E-state index contributed by atoms with van der Waals surface area (Å²) in [5.74, 6) is -0.823. The first-order valence-corrected chi connectivity index (χ1v) is 25.5. The molecule has 0 fully saturated rings. The van der Waals surface area contributed by atoms with Crippen LogP contribution in [0.25, 0.3) is 0 Å². The molecular weight excluding hydrogens is 774 g/mol. The number of hydrogen-bond acceptors (Lipinski definition) is 7. The molecule has 0 aromatic carbocycles. The number of carbonyl (C=O) groups is 2. The van der Waals surface area contributed by atoms with Crippen LogP contribution in [0.5, 0.6) is 0 Å². The van der Waals surface area contributed by atoms with E-state index in [9.17, 15) is 19.0 Å². The SMILES string of the molecule is CCCCC/C=C\C/C=C\C/C=C\CCCCCCCCC(=O)OC(COC(=O)CCCCCCCCC/C=C\C/C=C\CCCCC)COP(=O)(O)OCC[N+](C)(C)C. The summed E-state index contributed by atoms with van der Waals surface area (Å²) in [6.07, 6.45) is 51.1. The van der Waals surface area contributed by atoms with Crippen molar-refractivity contribution in [2.75, 3.05) is 47.5 Å². The molecule has 60 heavy (non-hydrogen) atoms. The highest BCUT2D eigenvalue weighted by atomic mass is 31.2. The summed E-state index contributed by atoms with van der Waals surface area (Å²) in [7, 11) is 1.46. The third-order valence-electron chi connectivity index (χ3n) is 10.0. The second-order valence-electron chi connectivity index (χ2n) is 17.1. The lowest BCUT2D eigenvalue weighted by atomic mass is 10.1. The topological polar surface area (TPSA) is 108 Å². The van der Waals surface area contributed by atoms with Crippen LogP contribution in [0, 0.1) is 0 Å². The van der Waals surface area contributed by atoms with Gasteiger partial charge >= 0.3 is 19.8 Å². The molecule has 0 aliphatic heterocycles. The summed E-state index contributed by atoms with van der Waals surface area (Å²) in [6.45, 7) is 4.35. The normalized spacial score (nSPS) is 14.0. The number of nitrogens with zero attached hydrogens (tertiary/aromatic N) is 1. The maximum atomic E-state index is 12.7. The summed E-state index contributed by atoms with van der Waals surface area (Å²) in [4.78, 5) is 35.5. The Morgan fingerprint density at radius 1 is 0.517 bits per heavy atom. The minimum absolute atomic E-state index is 0.0251. The zero-order valence-corrected chi connectivity index (χ0v) is 40.1. The zero-order chi connectivity index (χ0) is 44.3. The minimum Gasteiger partial charge on any atom is -0.462 e. The number of likely N-dealkylation sites (N-methyl/N-ethyl adjacent to an activating group) is 1. The Kier molecular flexibility index (Phi) is 40.4. The third-order valence-corrected chi connectivity index (χ3v) is 11.0. The number of quaternary nitrogens is 1. The molecule has 2 unspecified atom stereocenters. The first-order chi connectivity index (χ1) is 29.0. The van der Waals surface area contributed by atoms with Gasteiger partial charge in [0.05, 0.1) is 27.7 Å². The van der Waals surface area contributed by atoms with Gasteiger partial charge in [0.25, 0.3) is 0 Å². The zero-order valence-electron chi connectivity index (χ0n) is 39.2. The van der Waals surface area contributed by atoms with Crippen molar-refractivity contribution in [2.45, 2.75) is 200 Å². The van der Waals surface area contributed by atoms with Crippen molar-refractivity contribution >= 4 is 19.8 Å². The Balaban J connectivity index is 4.35. The summed E-state index contributed by atoms with van der Waals surface area (Å²) < 4.78 is 34.4. The number of hydrogen-bond donors (Lipinski definition) is 1. The van der Waals surface area contributed by atoms with Crippen LogP contribution in [0.15, 0.2) is 60.8 Å². The van der Waals surface area contributed by atoms with Crippen LogP contribution >= 0.6 is 7.82 Å². The van der Waals surface area contributed by atoms with E-state index >= 15 is 0 Å². The van der Waals surface area contributed by atoms with Gasteiger partial charge in [-0.1, -0.05) is 158 Å². The number of phosphoric acid groups is 1. The Bertz CT molecular complexity index is 1210. The second kappa shape index (κ2) is 42.0. The van der Waals surface area contributed by atoms with Crippen molar-refractivity contribution < 1.29 is 42.1 Å². The van der Waals surface area contributed by atoms with Crippen molar-refractivity contribution in [3.05, 3.63) is 60.8 Å². The molecule has 0 aromatic heterocycles. The standard InChI is InChI=1S/C50H90NO8P/c1-6-8-10-12-14-16-18-20-22-24-25-27-29-31-33-35-37-39-41-43-50(53)59-48(47-58-60(54,55)57-45-44-51(3,4)5)46-56-49(52)42-40-38-36-34-32-30-28-26-23-21-19-17-15-13-11-9-7-2/h14-17,20-23,25,27,48H,6-13,18-19,24,26,28-47H2,1-5H3/p+1/b16-14-,17-15-,22-20-,23-21-,27-25-. The summed E-state index contributed by atoms with van der Waals surface area (Å²) in [6, 6.07) is 0. The fraction of sp³-hybridized carbons (Fsp3) is 0.760. The average Bonchev–Trinajstić information content (AvgIpc) is 3.20. The van der Waals surface area contributed by atoms with Gasteiger partial charge < -0.3 is 18.9 Å². The lowest BCUT2D eigenvalue weighted by Gasteiger charge is -2.24. The van der Waals surface area contributed by atoms with E-state index in [4.69, 9.17) is 18.5 Å². The van der Waals surface area contributed by atoms with Crippen molar-refractivity contribution in [3.63, 3.8) is 0 Å². The van der Waals surface area contributed by atoms with Crippen LogP contribution in [-0.2, 0) is 32.7 Å². The van der Waals surface area contributed by atoms with Crippen molar-refractivity contribution in [3.8, 4) is 0 Å². The van der Waals surface area contributed by atoms with E-state index < -0.39 is 26.5 Å². The predicted molar refractivity (Wildman–Crippen MR) is 252 cm³/mol. The van der Waals surface area contributed by atoms with Gasteiger partial charge in [-0.15, -0.1) is 0 Å². The van der Waals surface area contributed by atoms with Gasteiger partial charge in [-0.3, -0.25) is 18.6 Å². The first kappa shape index (κ1) is 57.7. The number of phosphoric ester groups is 1. The van der Waals surface area contributed by atoms with Gasteiger partial charge in [-0.25, -0.2) is 4.57 Å². The molecule has 0 spiro atoms. The van der Waals surface area contributed by atoms with Gasteiger partial charge in [-0.2, -0.15) is 0 Å². The van der Waals surface area contributed by atoms with Crippen LogP contribution in [0.1, 0.15) is 194 Å². The van der Waals surface area contributed by atoms with E-state index in [1.807, 2.05) is 21.1 Å². The molecule has 0 amide bonds. The van der Waals surface area contributed by atoms with Gasteiger partial charge in [0.2, 0.25) is 0 Å². The largest absolute Gasteiger partial charge is 0.472 e. The minimum atomic E-state index is -4.39. The molecule has 0 rings (SSSR count). The molecule has 0 aromatic rings. The first-order valence-electron chi connectivity index (χ1n) is 24.0. The van der Waals surface area contributed by atoms with Crippen LogP contribution < -0.4 is 0 Å². The van der Waals surface area contributed by atoms with E-state index in [2.05, 4.69) is 74.6 Å². The van der Waals surface area contributed by atoms with Gasteiger partial charge in [-0.05, 0) is 83.5 Å². The van der Waals surface area contributed by atoms with E-state index in [-0.39, 0.29) is 32.0 Å². The molecule has 0 saturated heterocycles. The van der Waals surface area contributed by atoms with Gasteiger partial charge in [0, 0.05) is 12.8 Å². The van der Waals surface area contributed by atoms with Crippen LogP contribution in [-0.4, -0.2) is 74.9 Å². The third kappa shape index (κ3) is 45.2. The molecule has 1 N–H and O–H groups in total. The quantitative estimate of drug-likeness (QED) is 0.0212. The summed E-state index contributed by atoms with van der Waals surface area (Å²) >= 11 is 0. The second-order valence-corrected chi connectivity index (χ2v) is 18.6. The highest BCUT2D eigenvalue weighted by molar-refractivity contribution is 7.47. The molecule has 348 valence electrons.